The van der Waals surface area contributed by atoms with Gasteiger partial charge in [-0.1, -0.05) is 18.2 Å². The zero-order valence-electron chi connectivity index (χ0n) is 10.8. The van der Waals surface area contributed by atoms with E-state index in [9.17, 15) is 4.79 Å². The molecule has 0 spiro atoms. The molecule has 96 valence electrons. The van der Waals surface area contributed by atoms with Crippen molar-refractivity contribution in [1.29, 1.82) is 0 Å². The Morgan fingerprint density at radius 3 is 2.95 bits per heavy atom. The summed E-state index contributed by atoms with van der Waals surface area (Å²) in [7, 11) is 0. The molecule has 0 unspecified atom stereocenters. The monoisotopic (exact) mass is 253 g/mol. The lowest BCUT2D eigenvalue weighted by Gasteiger charge is -2.29. The number of hydrogen-bond donors (Lipinski definition) is 0. The molecule has 0 fully saturated rings. The Kier molecular flexibility index (Phi) is 2.99. The molecule has 0 bridgehead atoms. The third-order valence-corrected chi connectivity index (χ3v) is 3.38. The minimum Gasteiger partial charge on any atom is -0.307 e. The lowest BCUT2D eigenvalue weighted by molar-refractivity contribution is 0.0980. The first-order chi connectivity index (χ1) is 9.25. The summed E-state index contributed by atoms with van der Waals surface area (Å²) in [4.78, 5) is 22.5. The quantitative estimate of drug-likeness (QED) is 0.784. The van der Waals surface area contributed by atoms with Crippen molar-refractivity contribution in [2.75, 3.05) is 11.4 Å². The summed E-state index contributed by atoms with van der Waals surface area (Å²) in [5, 5.41) is 0. The van der Waals surface area contributed by atoms with E-state index in [1.165, 1.54) is 11.9 Å². The highest BCUT2D eigenvalue weighted by Crippen LogP contribution is 2.27. The van der Waals surface area contributed by atoms with Gasteiger partial charge in [0, 0.05) is 17.9 Å². The highest BCUT2D eigenvalue weighted by atomic mass is 16.2. The van der Waals surface area contributed by atoms with Gasteiger partial charge in [0.15, 0.2) is 0 Å². The second-order valence-electron chi connectivity index (χ2n) is 4.73. The molecule has 0 saturated carbocycles. The zero-order valence-corrected chi connectivity index (χ0v) is 10.8. The number of aromatic nitrogens is 2. The minimum absolute atomic E-state index is 0.0438. The Bertz CT molecular complexity index is 624. The van der Waals surface area contributed by atoms with Crippen LogP contribution in [-0.2, 0) is 6.42 Å². The molecule has 0 radical (unpaired) electrons. The van der Waals surface area contributed by atoms with Gasteiger partial charge in [-0.2, -0.15) is 0 Å². The molecule has 19 heavy (non-hydrogen) atoms. The van der Waals surface area contributed by atoms with Crippen LogP contribution in [0.5, 0.6) is 0 Å². The van der Waals surface area contributed by atoms with Gasteiger partial charge in [0.1, 0.15) is 12.0 Å². The molecule has 1 aliphatic rings. The topological polar surface area (TPSA) is 46.1 Å². The van der Waals surface area contributed by atoms with Gasteiger partial charge in [0.2, 0.25) is 0 Å². The first kappa shape index (κ1) is 11.8. The summed E-state index contributed by atoms with van der Waals surface area (Å²) in [6, 6.07) is 9.80. The normalized spacial score (nSPS) is 14.1. The largest absolute Gasteiger partial charge is 0.307 e. The van der Waals surface area contributed by atoms with Crippen LogP contribution in [0.4, 0.5) is 5.69 Å². The van der Waals surface area contributed by atoms with Crippen LogP contribution in [0.2, 0.25) is 0 Å². The van der Waals surface area contributed by atoms with E-state index in [0.717, 1.165) is 30.8 Å². The Morgan fingerprint density at radius 1 is 1.26 bits per heavy atom. The molecule has 0 aliphatic carbocycles. The lowest BCUT2D eigenvalue weighted by atomic mass is 10.0. The Balaban J connectivity index is 1.98. The summed E-state index contributed by atoms with van der Waals surface area (Å²) >= 11 is 0. The van der Waals surface area contributed by atoms with Crippen LogP contribution < -0.4 is 4.90 Å². The predicted molar refractivity (Wildman–Crippen MR) is 73.2 cm³/mol. The molecule has 2 aromatic rings. The number of rotatable bonds is 1. The van der Waals surface area contributed by atoms with Crippen LogP contribution >= 0.6 is 0 Å². The predicted octanol–water partition coefficient (Wildman–Crippen LogP) is 2.38. The molecule has 1 aromatic heterocycles. The summed E-state index contributed by atoms with van der Waals surface area (Å²) in [5.41, 5.74) is 3.51. The van der Waals surface area contributed by atoms with E-state index in [4.69, 9.17) is 0 Å². The van der Waals surface area contributed by atoms with Gasteiger partial charge in [0.25, 0.3) is 5.91 Å². The van der Waals surface area contributed by atoms with E-state index in [0.29, 0.717) is 5.69 Å². The van der Waals surface area contributed by atoms with Gasteiger partial charge in [-0.25, -0.2) is 9.97 Å². The highest BCUT2D eigenvalue weighted by molar-refractivity contribution is 6.05. The third kappa shape index (κ3) is 2.21. The van der Waals surface area contributed by atoms with Crippen LogP contribution in [0.1, 0.15) is 28.2 Å². The Labute approximate surface area is 112 Å². The summed E-state index contributed by atoms with van der Waals surface area (Å²) in [6.07, 6.45) is 3.47. The van der Waals surface area contributed by atoms with E-state index in [2.05, 4.69) is 16.0 Å². The molecule has 4 heteroatoms. The number of amides is 1. The minimum atomic E-state index is -0.0438. The van der Waals surface area contributed by atoms with Gasteiger partial charge in [-0.05, 0) is 37.5 Å². The zero-order chi connectivity index (χ0) is 13.2. The van der Waals surface area contributed by atoms with Crippen LogP contribution in [0.15, 0.2) is 36.7 Å². The maximum atomic E-state index is 12.6. The van der Waals surface area contributed by atoms with E-state index in [-0.39, 0.29) is 5.91 Å². The molecule has 0 saturated heterocycles. The molecule has 4 nitrogen and oxygen atoms in total. The standard InChI is InChI=1S/C15H15N3O/c1-11-9-13(17-10-16-11)15(19)18-8-4-6-12-5-2-3-7-14(12)18/h2-3,5,7,9-10H,4,6,8H2,1H3. The third-order valence-electron chi connectivity index (χ3n) is 3.38. The average Bonchev–Trinajstić information content (AvgIpc) is 2.46. The van der Waals surface area contributed by atoms with Crippen molar-refractivity contribution >= 4 is 11.6 Å². The molecule has 3 rings (SSSR count). The second-order valence-corrected chi connectivity index (χ2v) is 4.73. The number of benzene rings is 1. The number of hydrogen-bond acceptors (Lipinski definition) is 3. The van der Waals surface area contributed by atoms with Crippen LogP contribution in [-0.4, -0.2) is 22.4 Å². The highest BCUT2D eigenvalue weighted by Gasteiger charge is 2.24. The molecular weight excluding hydrogens is 238 g/mol. The van der Waals surface area contributed by atoms with Gasteiger partial charge < -0.3 is 4.90 Å². The molecule has 1 aliphatic heterocycles. The molecule has 0 N–H and O–H groups in total. The second kappa shape index (κ2) is 4.80. The van der Waals surface area contributed by atoms with Gasteiger partial charge in [-0.15, -0.1) is 0 Å². The number of carbonyl (C=O) groups excluding carboxylic acids is 1. The first-order valence-corrected chi connectivity index (χ1v) is 6.44. The van der Waals surface area contributed by atoms with Crippen molar-refractivity contribution in [2.24, 2.45) is 0 Å². The van der Waals surface area contributed by atoms with Crippen LogP contribution in [0.3, 0.4) is 0 Å². The van der Waals surface area contributed by atoms with Crippen molar-refractivity contribution in [2.45, 2.75) is 19.8 Å². The Hall–Kier alpha value is -2.23. The van der Waals surface area contributed by atoms with E-state index >= 15 is 0 Å². The van der Waals surface area contributed by atoms with Crippen molar-refractivity contribution in [1.82, 2.24) is 9.97 Å². The molecule has 2 heterocycles. The SMILES string of the molecule is Cc1cc(C(=O)N2CCCc3ccccc32)ncn1. The average molecular weight is 253 g/mol. The van der Waals surface area contributed by atoms with E-state index in [1.54, 1.807) is 6.07 Å². The number of para-hydroxylation sites is 1. The fraction of sp³-hybridized carbons (Fsp3) is 0.267. The number of carbonyl (C=O) groups is 1. The van der Waals surface area contributed by atoms with Gasteiger partial charge in [-0.3, -0.25) is 4.79 Å². The molecule has 0 atom stereocenters. The molecule has 1 aromatic carbocycles. The summed E-state index contributed by atoms with van der Waals surface area (Å²) < 4.78 is 0. The first-order valence-electron chi connectivity index (χ1n) is 6.44. The van der Waals surface area contributed by atoms with Crippen molar-refractivity contribution < 1.29 is 4.79 Å². The van der Waals surface area contributed by atoms with Gasteiger partial charge in [0.05, 0.1) is 0 Å². The fourth-order valence-corrected chi connectivity index (χ4v) is 2.45. The fourth-order valence-electron chi connectivity index (χ4n) is 2.45. The molecule has 1 amide bonds. The Morgan fingerprint density at radius 2 is 2.11 bits per heavy atom. The maximum Gasteiger partial charge on any atom is 0.277 e. The maximum absolute atomic E-state index is 12.6. The van der Waals surface area contributed by atoms with Crippen molar-refractivity contribution in [3.63, 3.8) is 0 Å². The smallest absolute Gasteiger partial charge is 0.277 e. The summed E-state index contributed by atoms with van der Waals surface area (Å²) in [5.74, 6) is -0.0438. The van der Waals surface area contributed by atoms with Crippen molar-refractivity contribution in [3.8, 4) is 0 Å². The lowest BCUT2D eigenvalue weighted by Crippen LogP contribution is -2.36. The van der Waals surface area contributed by atoms with E-state index < -0.39 is 0 Å². The van der Waals surface area contributed by atoms with Crippen LogP contribution in [0, 0.1) is 6.92 Å². The molecular formula is C15H15N3O. The van der Waals surface area contributed by atoms with Crippen molar-refractivity contribution in [3.05, 3.63) is 53.6 Å². The number of fused-ring (bicyclic) bond motifs is 1. The van der Waals surface area contributed by atoms with Crippen LogP contribution in [0.25, 0.3) is 0 Å². The number of nitrogens with zero attached hydrogens (tertiary/aromatic N) is 3. The van der Waals surface area contributed by atoms with E-state index in [1.807, 2.05) is 30.0 Å². The number of aryl methyl sites for hydroxylation is 2. The number of anilines is 1. The summed E-state index contributed by atoms with van der Waals surface area (Å²) in [6.45, 7) is 2.61. The van der Waals surface area contributed by atoms with Gasteiger partial charge >= 0.3 is 0 Å².